The van der Waals surface area contributed by atoms with E-state index in [0.29, 0.717) is 5.92 Å². The van der Waals surface area contributed by atoms with Crippen molar-refractivity contribution >= 4 is 33.5 Å². The van der Waals surface area contributed by atoms with Gasteiger partial charge >= 0.3 is 6.03 Å². The lowest BCUT2D eigenvalue weighted by molar-refractivity contribution is -0.125. The first-order valence-corrected chi connectivity index (χ1v) is 10.3. The average Bonchev–Trinajstić information content (AvgIpc) is 3.03. The number of hydrogen-bond donors (Lipinski definition) is 2. The number of rotatable bonds is 3. The Bertz CT molecular complexity index is 786. The first-order chi connectivity index (χ1) is 12.7. The van der Waals surface area contributed by atoms with Crippen molar-refractivity contribution in [3.8, 4) is 0 Å². The van der Waals surface area contributed by atoms with Gasteiger partial charge in [-0.15, -0.1) is 11.3 Å². The van der Waals surface area contributed by atoms with Crippen LogP contribution in [0.3, 0.4) is 0 Å². The van der Waals surface area contributed by atoms with Crippen molar-refractivity contribution in [2.24, 2.45) is 0 Å². The Kier molecular flexibility index (Phi) is 5.81. The van der Waals surface area contributed by atoms with E-state index in [-0.39, 0.29) is 17.5 Å². The molecule has 1 atom stereocenters. The van der Waals surface area contributed by atoms with Gasteiger partial charge in [0.25, 0.3) is 0 Å². The van der Waals surface area contributed by atoms with Crippen LogP contribution in [0, 0.1) is 0 Å². The summed E-state index contributed by atoms with van der Waals surface area (Å²) >= 11 is 1.77. The van der Waals surface area contributed by atoms with Crippen molar-refractivity contribution in [1.82, 2.24) is 20.5 Å². The zero-order valence-electron chi connectivity index (χ0n) is 16.4. The SMILES string of the molecule is C[C@H](C(=O)NC(=O)NC(C)(C)C)N1CCC(c2nc3ccccc3s2)CC1. The van der Waals surface area contributed by atoms with Crippen LogP contribution >= 0.6 is 11.3 Å². The fourth-order valence-electron chi connectivity index (χ4n) is 3.35. The number of hydrogen-bond acceptors (Lipinski definition) is 5. The van der Waals surface area contributed by atoms with Crippen molar-refractivity contribution < 1.29 is 9.59 Å². The van der Waals surface area contributed by atoms with E-state index in [4.69, 9.17) is 4.98 Å². The van der Waals surface area contributed by atoms with Gasteiger partial charge in [-0.3, -0.25) is 15.0 Å². The van der Waals surface area contributed by atoms with Crippen molar-refractivity contribution in [3.05, 3.63) is 29.3 Å². The van der Waals surface area contributed by atoms with E-state index >= 15 is 0 Å². The monoisotopic (exact) mass is 388 g/mol. The Morgan fingerprint density at radius 1 is 1.22 bits per heavy atom. The van der Waals surface area contributed by atoms with Gasteiger partial charge < -0.3 is 5.32 Å². The van der Waals surface area contributed by atoms with E-state index in [1.54, 1.807) is 11.3 Å². The molecule has 3 rings (SSSR count). The number of piperidine rings is 1. The maximum atomic E-state index is 12.4. The van der Waals surface area contributed by atoms with Gasteiger partial charge in [0.05, 0.1) is 21.3 Å². The summed E-state index contributed by atoms with van der Waals surface area (Å²) in [6.07, 6.45) is 1.96. The molecule has 27 heavy (non-hydrogen) atoms. The molecule has 1 aliphatic rings. The number of imide groups is 1. The fourth-order valence-corrected chi connectivity index (χ4v) is 4.49. The number of nitrogens with one attached hydrogen (secondary N) is 2. The predicted octanol–water partition coefficient (Wildman–Crippen LogP) is 3.49. The second-order valence-electron chi connectivity index (χ2n) is 8.20. The second-order valence-corrected chi connectivity index (χ2v) is 9.26. The van der Waals surface area contributed by atoms with E-state index in [1.807, 2.05) is 39.8 Å². The highest BCUT2D eigenvalue weighted by atomic mass is 32.1. The van der Waals surface area contributed by atoms with Crippen LogP contribution in [0.2, 0.25) is 0 Å². The van der Waals surface area contributed by atoms with Crippen LogP contribution < -0.4 is 10.6 Å². The molecule has 1 saturated heterocycles. The molecule has 3 amide bonds. The molecule has 0 bridgehead atoms. The van der Waals surface area contributed by atoms with Gasteiger partial charge in [-0.05, 0) is 65.8 Å². The summed E-state index contributed by atoms with van der Waals surface area (Å²) in [4.78, 5) is 31.2. The van der Waals surface area contributed by atoms with E-state index in [2.05, 4.69) is 27.7 Å². The number of thiazole rings is 1. The molecule has 2 N–H and O–H groups in total. The van der Waals surface area contributed by atoms with Crippen LogP contribution in [0.4, 0.5) is 4.79 Å². The van der Waals surface area contributed by atoms with Gasteiger partial charge in [0.2, 0.25) is 5.91 Å². The Morgan fingerprint density at radius 3 is 2.52 bits per heavy atom. The molecule has 2 aromatic rings. The summed E-state index contributed by atoms with van der Waals surface area (Å²) in [5.74, 6) is 0.188. The number of carbonyl (C=O) groups excluding carboxylic acids is 2. The third kappa shape index (κ3) is 5.05. The van der Waals surface area contributed by atoms with Crippen molar-refractivity contribution in [1.29, 1.82) is 0 Å². The lowest BCUT2D eigenvalue weighted by Gasteiger charge is -2.34. The molecule has 2 heterocycles. The Balaban J connectivity index is 1.53. The summed E-state index contributed by atoms with van der Waals surface area (Å²) < 4.78 is 1.23. The van der Waals surface area contributed by atoms with Crippen molar-refractivity contribution in [3.63, 3.8) is 0 Å². The number of carbonyl (C=O) groups is 2. The number of likely N-dealkylation sites (tertiary alicyclic amines) is 1. The second kappa shape index (κ2) is 7.94. The predicted molar refractivity (Wildman–Crippen MR) is 109 cm³/mol. The molecule has 1 aromatic heterocycles. The minimum Gasteiger partial charge on any atom is -0.333 e. The van der Waals surface area contributed by atoms with Crippen LogP contribution in [-0.2, 0) is 4.79 Å². The molecule has 0 saturated carbocycles. The number of para-hydroxylation sites is 1. The Morgan fingerprint density at radius 2 is 1.89 bits per heavy atom. The molecular formula is C20H28N4O2S. The number of nitrogens with zero attached hydrogens (tertiary/aromatic N) is 2. The highest BCUT2D eigenvalue weighted by Gasteiger charge is 2.29. The molecule has 6 nitrogen and oxygen atoms in total. The van der Waals surface area contributed by atoms with E-state index in [9.17, 15) is 9.59 Å². The van der Waals surface area contributed by atoms with Gasteiger partial charge in [-0.1, -0.05) is 12.1 Å². The summed E-state index contributed by atoms with van der Waals surface area (Å²) in [6, 6.07) is 7.46. The van der Waals surface area contributed by atoms with Gasteiger partial charge in [0.1, 0.15) is 0 Å². The Labute approximate surface area is 164 Å². The normalized spacial score (nSPS) is 17.6. The lowest BCUT2D eigenvalue weighted by atomic mass is 9.96. The number of amides is 3. The van der Waals surface area contributed by atoms with Crippen LogP contribution in [0.25, 0.3) is 10.2 Å². The van der Waals surface area contributed by atoms with Crippen LogP contribution in [0.1, 0.15) is 51.5 Å². The topological polar surface area (TPSA) is 74.3 Å². The minimum atomic E-state index is -0.441. The highest BCUT2D eigenvalue weighted by molar-refractivity contribution is 7.18. The standard InChI is InChI=1S/C20H28N4O2S/c1-13(17(25)22-19(26)23-20(2,3)4)24-11-9-14(10-12-24)18-21-15-7-5-6-8-16(15)27-18/h5-8,13-14H,9-12H2,1-4H3,(H2,22,23,25,26)/t13-/m1/s1. The molecule has 0 unspecified atom stereocenters. The molecular weight excluding hydrogens is 360 g/mol. The summed E-state index contributed by atoms with van der Waals surface area (Å²) in [5.41, 5.74) is 0.695. The molecule has 1 aliphatic heterocycles. The third-order valence-corrected chi connectivity index (χ3v) is 6.04. The summed E-state index contributed by atoms with van der Waals surface area (Å²) in [7, 11) is 0. The minimum absolute atomic E-state index is 0.254. The molecule has 146 valence electrons. The van der Waals surface area contributed by atoms with Crippen molar-refractivity contribution in [2.45, 2.75) is 58.0 Å². The molecule has 1 aromatic carbocycles. The van der Waals surface area contributed by atoms with E-state index in [0.717, 1.165) is 31.4 Å². The first-order valence-electron chi connectivity index (χ1n) is 9.45. The van der Waals surface area contributed by atoms with Gasteiger partial charge in [-0.25, -0.2) is 9.78 Å². The molecule has 0 radical (unpaired) electrons. The van der Waals surface area contributed by atoms with Crippen LogP contribution in [0.15, 0.2) is 24.3 Å². The largest absolute Gasteiger partial charge is 0.333 e. The van der Waals surface area contributed by atoms with Gasteiger partial charge in [0.15, 0.2) is 0 Å². The van der Waals surface area contributed by atoms with Gasteiger partial charge in [-0.2, -0.15) is 0 Å². The highest BCUT2D eigenvalue weighted by Crippen LogP contribution is 2.34. The smallest absolute Gasteiger partial charge is 0.321 e. The third-order valence-electron chi connectivity index (χ3n) is 4.84. The molecule has 0 aliphatic carbocycles. The zero-order valence-corrected chi connectivity index (χ0v) is 17.2. The molecule has 7 heteroatoms. The average molecular weight is 389 g/mol. The number of urea groups is 1. The summed E-state index contributed by atoms with van der Waals surface area (Å²) in [6.45, 7) is 9.16. The van der Waals surface area contributed by atoms with E-state index < -0.39 is 6.03 Å². The number of benzene rings is 1. The van der Waals surface area contributed by atoms with Crippen LogP contribution in [-0.4, -0.2) is 46.5 Å². The van der Waals surface area contributed by atoms with Crippen LogP contribution in [0.5, 0.6) is 0 Å². The number of aromatic nitrogens is 1. The Hall–Kier alpha value is -1.99. The lowest BCUT2D eigenvalue weighted by Crippen LogP contribution is -2.54. The maximum absolute atomic E-state index is 12.4. The fraction of sp³-hybridized carbons (Fsp3) is 0.550. The summed E-state index contributed by atoms with van der Waals surface area (Å²) in [5, 5.41) is 6.40. The van der Waals surface area contributed by atoms with Gasteiger partial charge in [0, 0.05) is 11.5 Å². The van der Waals surface area contributed by atoms with E-state index in [1.165, 1.54) is 9.71 Å². The maximum Gasteiger partial charge on any atom is 0.321 e. The molecule has 1 fully saturated rings. The zero-order chi connectivity index (χ0) is 19.6. The van der Waals surface area contributed by atoms with Crippen molar-refractivity contribution in [2.75, 3.05) is 13.1 Å². The first kappa shape index (κ1) is 19.8. The molecule has 0 spiro atoms. The number of fused-ring (bicyclic) bond motifs is 1. The quantitative estimate of drug-likeness (QED) is 0.844.